The van der Waals surface area contributed by atoms with Crippen molar-refractivity contribution in [1.82, 2.24) is 24.9 Å². The smallest absolute Gasteiger partial charge is 0.410 e. The number of piperidine rings is 1. The Hall–Kier alpha value is -3.04. The average molecular weight is 557 g/mol. The number of aryl methyl sites for hydroxylation is 1. The maximum absolute atomic E-state index is 13.5. The molecule has 0 atom stereocenters. The number of hydrogen-bond acceptors (Lipinski definition) is 6. The van der Waals surface area contributed by atoms with Crippen molar-refractivity contribution in [1.29, 1.82) is 0 Å². The number of ether oxygens (including phenoxy) is 1. The Bertz CT molecular complexity index is 1070. The molecule has 3 heterocycles. The van der Waals surface area contributed by atoms with Crippen LogP contribution in [-0.2, 0) is 27.9 Å². The molecule has 2 aliphatic heterocycles. The van der Waals surface area contributed by atoms with Crippen LogP contribution in [0.1, 0.15) is 84.6 Å². The number of rotatable bonds is 6. The van der Waals surface area contributed by atoms with Crippen molar-refractivity contribution in [3.05, 3.63) is 23.5 Å². The first kappa shape index (κ1) is 29.9. The Balaban J connectivity index is 1.18. The molecular weight excluding hydrogens is 508 g/mol. The number of amides is 3. The van der Waals surface area contributed by atoms with E-state index >= 15 is 0 Å². The summed E-state index contributed by atoms with van der Waals surface area (Å²) in [7, 11) is 1.92. The van der Waals surface area contributed by atoms with Gasteiger partial charge in [-0.3, -0.25) is 14.3 Å². The summed E-state index contributed by atoms with van der Waals surface area (Å²) in [4.78, 5) is 42.2. The van der Waals surface area contributed by atoms with Crippen LogP contribution in [0.2, 0.25) is 0 Å². The van der Waals surface area contributed by atoms with E-state index in [2.05, 4.69) is 28.7 Å². The number of nitrogens with zero attached hydrogens (tertiary/aromatic N) is 4. The quantitative estimate of drug-likeness (QED) is 0.537. The van der Waals surface area contributed by atoms with Crippen molar-refractivity contribution in [3.63, 3.8) is 0 Å². The molecule has 0 bridgehead atoms. The van der Waals surface area contributed by atoms with Gasteiger partial charge in [-0.25, -0.2) is 4.79 Å². The molecule has 2 fully saturated rings. The van der Waals surface area contributed by atoms with Crippen LogP contribution < -0.4 is 10.6 Å². The minimum atomic E-state index is -0.496. The lowest BCUT2D eigenvalue weighted by Gasteiger charge is -2.33. The van der Waals surface area contributed by atoms with E-state index in [-0.39, 0.29) is 23.8 Å². The summed E-state index contributed by atoms with van der Waals surface area (Å²) in [5, 5.41) is 11.0. The van der Waals surface area contributed by atoms with E-state index in [1.807, 2.05) is 43.6 Å². The molecule has 1 aromatic rings. The number of nitrogens with one attached hydrogen (secondary N) is 2. The fourth-order valence-corrected chi connectivity index (χ4v) is 6.05. The maximum Gasteiger partial charge on any atom is 0.410 e. The minimum absolute atomic E-state index is 0.0307. The fraction of sp³-hybridized carbons (Fsp3) is 0.733. The summed E-state index contributed by atoms with van der Waals surface area (Å²) in [6.07, 6.45) is 10.4. The van der Waals surface area contributed by atoms with Gasteiger partial charge in [-0.15, -0.1) is 0 Å². The molecule has 4 rings (SSSR count). The van der Waals surface area contributed by atoms with E-state index < -0.39 is 5.60 Å². The predicted molar refractivity (Wildman–Crippen MR) is 154 cm³/mol. The van der Waals surface area contributed by atoms with Crippen LogP contribution in [0.3, 0.4) is 0 Å². The molecule has 3 aliphatic rings. The highest BCUT2D eigenvalue weighted by Gasteiger charge is 2.32. The molecule has 10 nitrogen and oxygen atoms in total. The first-order chi connectivity index (χ1) is 19.0. The lowest BCUT2D eigenvalue weighted by atomic mass is 9.81. The number of aromatic nitrogens is 2. The second-order valence-electron chi connectivity index (χ2n) is 12.7. The SMILES string of the molecule is CC/C=C1\CN(C(=O)C2CCC(CNC(=O)CC3CCN(C(=O)OC(C)(C)C)CC3)CC2)Cc2cnn(C)c2N1. The summed E-state index contributed by atoms with van der Waals surface area (Å²) < 4.78 is 7.30. The van der Waals surface area contributed by atoms with Gasteiger partial charge >= 0.3 is 6.09 Å². The first-order valence-corrected chi connectivity index (χ1v) is 15.0. The molecule has 3 amide bonds. The van der Waals surface area contributed by atoms with E-state index in [0.717, 1.165) is 62.0 Å². The highest BCUT2D eigenvalue weighted by Crippen LogP contribution is 2.32. The van der Waals surface area contributed by atoms with E-state index in [4.69, 9.17) is 4.74 Å². The van der Waals surface area contributed by atoms with Crippen molar-refractivity contribution in [2.45, 2.75) is 91.2 Å². The lowest BCUT2D eigenvalue weighted by molar-refractivity contribution is -0.137. The third kappa shape index (κ3) is 8.01. The first-order valence-electron chi connectivity index (χ1n) is 15.0. The molecule has 0 unspecified atom stereocenters. The molecule has 1 saturated heterocycles. The van der Waals surface area contributed by atoms with Crippen LogP contribution in [0, 0.1) is 17.8 Å². The van der Waals surface area contributed by atoms with Gasteiger partial charge < -0.3 is 25.2 Å². The Morgan fingerprint density at radius 3 is 2.40 bits per heavy atom. The zero-order valence-corrected chi connectivity index (χ0v) is 25.0. The van der Waals surface area contributed by atoms with Crippen LogP contribution in [0.25, 0.3) is 0 Å². The van der Waals surface area contributed by atoms with Crippen LogP contribution in [0.15, 0.2) is 18.0 Å². The van der Waals surface area contributed by atoms with Gasteiger partial charge in [-0.05, 0) is 77.6 Å². The summed E-state index contributed by atoms with van der Waals surface area (Å²) in [5.74, 6) is 2.01. The van der Waals surface area contributed by atoms with Gasteiger partial charge in [0.25, 0.3) is 0 Å². The van der Waals surface area contributed by atoms with Crippen molar-refractivity contribution < 1.29 is 19.1 Å². The van der Waals surface area contributed by atoms with E-state index in [9.17, 15) is 14.4 Å². The van der Waals surface area contributed by atoms with Gasteiger partial charge in [0.2, 0.25) is 11.8 Å². The third-order valence-electron chi connectivity index (χ3n) is 8.30. The average Bonchev–Trinajstić information content (AvgIpc) is 3.13. The molecule has 2 N–H and O–H groups in total. The predicted octanol–water partition coefficient (Wildman–Crippen LogP) is 4.43. The Labute approximate surface area is 238 Å². The van der Waals surface area contributed by atoms with Crippen LogP contribution in [0.5, 0.6) is 0 Å². The van der Waals surface area contributed by atoms with E-state index in [1.165, 1.54) is 0 Å². The highest BCUT2D eigenvalue weighted by atomic mass is 16.6. The topological polar surface area (TPSA) is 109 Å². The summed E-state index contributed by atoms with van der Waals surface area (Å²) in [6.45, 7) is 10.8. The van der Waals surface area contributed by atoms with Gasteiger partial charge in [0.15, 0.2) is 0 Å². The summed E-state index contributed by atoms with van der Waals surface area (Å²) >= 11 is 0. The summed E-state index contributed by atoms with van der Waals surface area (Å²) in [6, 6.07) is 0. The van der Waals surface area contributed by atoms with Crippen LogP contribution >= 0.6 is 0 Å². The zero-order chi connectivity index (χ0) is 28.9. The second kappa shape index (κ2) is 13.1. The minimum Gasteiger partial charge on any atom is -0.444 e. The number of carbonyl (C=O) groups is 3. The number of allylic oxidation sites excluding steroid dienone is 1. The van der Waals surface area contributed by atoms with Crippen molar-refractivity contribution >= 4 is 23.7 Å². The Morgan fingerprint density at radius 1 is 1.05 bits per heavy atom. The van der Waals surface area contributed by atoms with Crippen LogP contribution in [0.4, 0.5) is 10.6 Å². The van der Waals surface area contributed by atoms with Crippen molar-refractivity contribution in [2.24, 2.45) is 24.8 Å². The van der Waals surface area contributed by atoms with Gasteiger partial charge in [0, 0.05) is 50.3 Å². The normalized spacial score (nSPS) is 23.3. The zero-order valence-electron chi connectivity index (χ0n) is 25.0. The van der Waals surface area contributed by atoms with Gasteiger partial charge in [-0.2, -0.15) is 5.10 Å². The van der Waals surface area contributed by atoms with E-state index in [0.29, 0.717) is 51.0 Å². The molecule has 0 radical (unpaired) electrons. The Morgan fingerprint density at radius 2 is 1.75 bits per heavy atom. The van der Waals surface area contributed by atoms with Crippen LogP contribution in [-0.4, -0.2) is 69.3 Å². The lowest BCUT2D eigenvalue weighted by Crippen LogP contribution is -2.42. The molecule has 10 heteroatoms. The van der Waals surface area contributed by atoms with Crippen molar-refractivity contribution in [2.75, 3.05) is 31.5 Å². The van der Waals surface area contributed by atoms with Gasteiger partial charge in [0.1, 0.15) is 11.4 Å². The number of likely N-dealkylation sites (tertiary alicyclic amines) is 1. The van der Waals surface area contributed by atoms with Gasteiger partial charge in [-0.1, -0.05) is 13.0 Å². The second-order valence-corrected chi connectivity index (χ2v) is 12.7. The molecule has 1 aliphatic carbocycles. The molecular formula is C30H48N6O4. The third-order valence-corrected chi connectivity index (χ3v) is 8.30. The largest absolute Gasteiger partial charge is 0.444 e. The molecule has 0 spiro atoms. The molecule has 0 aromatic carbocycles. The molecule has 1 aromatic heterocycles. The highest BCUT2D eigenvalue weighted by molar-refractivity contribution is 5.80. The summed E-state index contributed by atoms with van der Waals surface area (Å²) in [5.41, 5.74) is 1.59. The number of hydrogen-bond donors (Lipinski definition) is 2. The molecule has 222 valence electrons. The monoisotopic (exact) mass is 556 g/mol. The van der Waals surface area contributed by atoms with Gasteiger partial charge in [0.05, 0.1) is 19.3 Å². The molecule has 1 saturated carbocycles. The molecule has 40 heavy (non-hydrogen) atoms. The number of anilines is 1. The standard InChI is InChI=1S/C30H48N6O4/c1-6-7-25-20-36(19-24-18-32-34(5)27(24)33-25)28(38)23-10-8-22(9-11-23)17-31-26(37)16-21-12-14-35(15-13-21)29(39)40-30(2,3)4/h7,18,21-23,33H,6,8-17,19-20H2,1-5H3,(H,31,37)/b25-7+. The number of fused-ring (bicyclic) bond motifs is 1. The Kier molecular flexibility index (Phi) is 9.79. The maximum atomic E-state index is 13.5. The fourth-order valence-electron chi connectivity index (χ4n) is 6.05. The number of carbonyl (C=O) groups excluding carboxylic acids is 3. The van der Waals surface area contributed by atoms with Crippen molar-refractivity contribution in [3.8, 4) is 0 Å². The van der Waals surface area contributed by atoms with E-state index in [1.54, 1.807) is 4.90 Å².